The van der Waals surface area contributed by atoms with Crippen molar-refractivity contribution in [2.45, 2.75) is 0 Å². The van der Waals surface area contributed by atoms with Crippen molar-refractivity contribution in [1.82, 2.24) is 0 Å². The van der Waals surface area contributed by atoms with Crippen LogP contribution in [0.25, 0.3) is 96.6 Å². The molecule has 1 aromatic heterocycles. The van der Waals surface area contributed by atoms with Crippen LogP contribution in [0.2, 0.25) is 0 Å². The minimum Gasteiger partial charge on any atom is -0.135 e. The molecule has 10 rings (SSSR count). The summed E-state index contributed by atoms with van der Waals surface area (Å²) in [4.78, 5) is 0. The summed E-state index contributed by atoms with van der Waals surface area (Å²) >= 11 is 1.89. The Kier molecular flexibility index (Phi) is 5.85. The third-order valence-corrected chi connectivity index (χ3v) is 10.9. The molecule has 47 heavy (non-hydrogen) atoms. The molecule has 1 heterocycles. The van der Waals surface area contributed by atoms with Crippen molar-refractivity contribution < 1.29 is 0 Å². The highest BCUT2D eigenvalue weighted by atomic mass is 32.1. The first-order valence-corrected chi connectivity index (χ1v) is 17.0. The van der Waals surface area contributed by atoms with Crippen LogP contribution in [0.5, 0.6) is 0 Å². The Morgan fingerprint density at radius 1 is 0.298 bits per heavy atom. The Labute approximate surface area is 276 Å². The quantitative estimate of drug-likeness (QED) is 0.174. The van der Waals surface area contributed by atoms with Gasteiger partial charge in [-0.25, -0.2) is 0 Å². The average Bonchev–Trinajstić information content (AvgIpc) is 3.52. The maximum atomic E-state index is 2.42. The molecule has 0 amide bonds. The maximum Gasteiger partial charge on any atom is 0.0368 e. The van der Waals surface area contributed by atoms with Crippen LogP contribution in [0, 0.1) is 0 Å². The highest BCUT2D eigenvalue weighted by Crippen LogP contribution is 2.46. The molecule has 0 atom stereocenters. The van der Waals surface area contributed by atoms with E-state index in [0.29, 0.717) is 0 Å². The van der Waals surface area contributed by atoms with Crippen LogP contribution >= 0.6 is 11.3 Å². The van der Waals surface area contributed by atoms with Crippen LogP contribution in [-0.4, -0.2) is 0 Å². The van der Waals surface area contributed by atoms with Crippen molar-refractivity contribution in [3.8, 4) is 33.4 Å². The molecular formula is C46H28S. The normalized spacial score (nSPS) is 11.8. The van der Waals surface area contributed by atoms with Gasteiger partial charge >= 0.3 is 0 Å². The minimum absolute atomic E-state index is 1.24. The summed E-state index contributed by atoms with van der Waals surface area (Å²) in [6.07, 6.45) is 0. The predicted octanol–water partition coefficient (Wildman–Crippen LogP) is 13.7. The van der Waals surface area contributed by atoms with Crippen LogP contribution in [0.15, 0.2) is 170 Å². The summed E-state index contributed by atoms with van der Waals surface area (Å²) in [5, 5.41) is 12.9. The number of fused-ring (bicyclic) bond motifs is 8. The maximum absolute atomic E-state index is 2.42. The number of hydrogen-bond donors (Lipinski definition) is 0. The molecule has 0 nitrogen and oxygen atoms in total. The van der Waals surface area contributed by atoms with Crippen LogP contribution in [-0.2, 0) is 0 Å². The summed E-state index contributed by atoms with van der Waals surface area (Å²) < 4.78 is 2.67. The van der Waals surface area contributed by atoms with Gasteiger partial charge in [-0.2, -0.15) is 0 Å². The smallest absolute Gasteiger partial charge is 0.0368 e. The largest absolute Gasteiger partial charge is 0.135 e. The van der Waals surface area contributed by atoms with E-state index < -0.39 is 0 Å². The standard InChI is InChI=1S/C46H28S/c1-2-13-30-26-33(25-24-29(30)12-1)45-38-20-7-5-18-36(38)44(37-19-6-8-21-39(37)45)32-15-11-14-31(27-32)41-28-43-46(35-17-4-3-16-34(35)41)40-22-9-10-23-42(40)47-43/h1-28H. The fraction of sp³-hybridized carbons (Fsp3) is 0. The molecule has 218 valence electrons. The summed E-state index contributed by atoms with van der Waals surface area (Å²) in [5.41, 5.74) is 7.59. The topological polar surface area (TPSA) is 0 Å². The van der Waals surface area contributed by atoms with Gasteiger partial charge in [0, 0.05) is 20.2 Å². The van der Waals surface area contributed by atoms with Crippen molar-refractivity contribution in [3.63, 3.8) is 0 Å². The van der Waals surface area contributed by atoms with Gasteiger partial charge in [0.1, 0.15) is 0 Å². The Morgan fingerprint density at radius 2 is 0.830 bits per heavy atom. The van der Waals surface area contributed by atoms with Crippen molar-refractivity contribution >= 4 is 74.6 Å². The number of benzene rings is 9. The van der Waals surface area contributed by atoms with Gasteiger partial charge in [-0.05, 0) is 101 Å². The lowest BCUT2D eigenvalue weighted by atomic mass is 9.85. The SMILES string of the molecule is c1cc(-c2c3ccccc3c(-c3ccc4ccccc4c3)c3ccccc23)cc(-c2cc3sc4ccccc4c3c3ccccc23)c1. The van der Waals surface area contributed by atoms with Gasteiger partial charge in [-0.1, -0.05) is 146 Å². The van der Waals surface area contributed by atoms with E-state index in [1.54, 1.807) is 0 Å². The molecule has 9 aromatic carbocycles. The van der Waals surface area contributed by atoms with Gasteiger partial charge in [-0.3, -0.25) is 0 Å². The zero-order chi connectivity index (χ0) is 30.9. The lowest BCUT2D eigenvalue weighted by Crippen LogP contribution is -1.91. The molecule has 0 radical (unpaired) electrons. The molecule has 0 aliphatic carbocycles. The van der Waals surface area contributed by atoms with E-state index in [1.165, 1.54) is 96.6 Å². The Balaban J connectivity index is 1.24. The molecule has 0 saturated carbocycles. The fourth-order valence-corrected chi connectivity index (χ4v) is 8.93. The van der Waals surface area contributed by atoms with Gasteiger partial charge in [0.05, 0.1) is 0 Å². The molecule has 0 N–H and O–H groups in total. The summed E-state index contributed by atoms with van der Waals surface area (Å²) in [6.45, 7) is 0. The van der Waals surface area contributed by atoms with E-state index in [1.807, 2.05) is 11.3 Å². The summed E-state index contributed by atoms with van der Waals surface area (Å²) in [5.74, 6) is 0. The van der Waals surface area contributed by atoms with E-state index in [2.05, 4.69) is 170 Å². The van der Waals surface area contributed by atoms with Gasteiger partial charge < -0.3 is 0 Å². The number of hydrogen-bond acceptors (Lipinski definition) is 1. The second-order valence-electron chi connectivity index (χ2n) is 12.4. The van der Waals surface area contributed by atoms with Gasteiger partial charge in [0.2, 0.25) is 0 Å². The first kappa shape index (κ1) is 26.5. The van der Waals surface area contributed by atoms with Crippen LogP contribution in [0.3, 0.4) is 0 Å². The van der Waals surface area contributed by atoms with E-state index in [4.69, 9.17) is 0 Å². The number of thiophene rings is 1. The van der Waals surface area contributed by atoms with E-state index in [-0.39, 0.29) is 0 Å². The first-order valence-electron chi connectivity index (χ1n) is 16.2. The van der Waals surface area contributed by atoms with Gasteiger partial charge in [-0.15, -0.1) is 11.3 Å². The fourth-order valence-electron chi connectivity index (χ4n) is 7.77. The zero-order valence-corrected chi connectivity index (χ0v) is 26.4. The lowest BCUT2D eigenvalue weighted by Gasteiger charge is -2.18. The van der Waals surface area contributed by atoms with Gasteiger partial charge in [0.25, 0.3) is 0 Å². The Bertz CT molecular complexity index is 2800. The van der Waals surface area contributed by atoms with Crippen LogP contribution in [0.4, 0.5) is 0 Å². The highest BCUT2D eigenvalue weighted by molar-refractivity contribution is 7.26. The predicted molar refractivity (Wildman–Crippen MR) is 206 cm³/mol. The van der Waals surface area contributed by atoms with E-state index in [9.17, 15) is 0 Å². The molecule has 0 aliphatic heterocycles. The second kappa shape index (κ2) is 10.4. The molecule has 0 bridgehead atoms. The monoisotopic (exact) mass is 612 g/mol. The van der Waals surface area contributed by atoms with E-state index in [0.717, 1.165) is 0 Å². The molecule has 10 aromatic rings. The third-order valence-electron chi connectivity index (χ3n) is 9.82. The van der Waals surface area contributed by atoms with Crippen LogP contribution in [0.1, 0.15) is 0 Å². The minimum atomic E-state index is 1.24. The van der Waals surface area contributed by atoms with E-state index >= 15 is 0 Å². The molecule has 1 heteroatoms. The molecule has 0 spiro atoms. The average molecular weight is 613 g/mol. The van der Waals surface area contributed by atoms with Crippen molar-refractivity contribution in [3.05, 3.63) is 170 Å². The zero-order valence-electron chi connectivity index (χ0n) is 25.6. The molecule has 0 unspecified atom stereocenters. The lowest BCUT2D eigenvalue weighted by molar-refractivity contribution is 1.64. The second-order valence-corrected chi connectivity index (χ2v) is 13.5. The first-order chi connectivity index (χ1) is 23.3. The number of rotatable bonds is 3. The Hall–Kier alpha value is -5.76. The van der Waals surface area contributed by atoms with Crippen LogP contribution < -0.4 is 0 Å². The van der Waals surface area contributed by atoms with Crippen molar-refractivity contribution in [2.75, 3.05) is 0 Å². The molecular weight excluding hydrogens is 585 g/mol. The Morgan fingerprint density at radius 3 is 1.53 bits per heavy atom. The molecule has 0 fully saturated rings. The van der Waals surface area contributed by atoms with Crippen molar-refractivity contribution in [1.29, 1.82) is 0 Å². The van der Waals surface area contributed by atoms with Crippen molar-refractivity contribution in [2.24, 2.45) is 0 Å². The molecule has 0 aliphatic rings. The third kappa shape index (κ3) is 4.07. The molecule has 0 saturated heterocycles. The summed E-state index contributed by atoms with van der Waals surface area (Å²) in [7, 11) is 0. The van der Waals surface area contributed by atoms with Gasteiger partial charge in [0.15, 0.2) is 0 Å². The highest BCUT2D eigenvalue weighted by Gasteiger charge is 2.18. The summed E-state index contributed by atoms with van der Waals surface area (Å²) in [6, 6.07) is 62.7.